The maximum absolute atomic E-state index is 11.9. The van der Waals surface area contributed by atoms with E-state index in [2.05, 4.69) is 46.1 Å². The number of hydrogen-bond acceptors (Lipinski definition) is 8. The molecular formula is C39H58N4O5S. The smallest absolute Gasteiger partial charge is 0.261 e. The molecule has 10 heteroatoms. The molecule has 3 aromatic rings. The maximum atomic E-state index is 11.9. The number of ether oxygens (including phenoxy) is 4. The van der Waals surface area contributed by atoms with Gasteiger partial charge in [-0.25, -0.2) is 4.68 Å². The summed E-state index contributed by atoms with van der Waals surface area (Å²) in [5, 5.41) is 13.9. The standard InChI is InChI=1S/C39H58N4O5S/c44-39(38-23-14-28-49-38)40-24-8-1-2-9-25-45-26-10-6-17-33-19-12-21-35(47-33)29-43-30-36(41-42-43)37-22-13-20-34(48-37)18-7-11-27-46-31-32-15-4-3-5-16-32/h3-5,14-16,23,28,30,33-35,37H,1-2,6-13,17-22,24-27,29,31H2,(H,40,44)/t33-,34-,35-,37-/m0/s1. The summed E-state index contributed by atoms with van der Waals surface area (Å²) in [6.07, 6.45) is 20.6. The molecule has 0 bridgehead atoms. The molecule has 49 heavy (non-hydrogen) atoms. The first-order valence-corrected chi connectivity index (χ1v) is 19.8. The van der Waals surface area contributed by atoms with Gasteiger partial charge in [-0.2, -0.15) is 0 Å². The van der Waals surface area contributed by atoms with Crippen molar-refractivity contribution in [2.45, 2.75) is 140 Å². The number of nitrogens with zero attached hydrogens (tertiary/aromatic N) is 3. The van der Waals surface area contributed by atoms with E-state index in [1.807, 2.05) is 28.3 Å². The lowest BCUT2D eigenvalue weighted by molar-refractivity contribution is -0.0630. The van der Waals surface area contributed by atoms with Crippen LogP contribution in [0.4, 0.5) is 0 Å². The van der Waals surface area contributed by atoms with E-state index in [1.54, 1.807) is 0 Å². The van der Waals surface area contributed by atoms with Gasteiger partial charge >= 0.3 is 0 Å². The molecule has 1 aromatic carbocycles. The minimum Gasteiger partial charge on any atom is -0.381 e. The number of unbranched alkanes of at least 4 members (excludes halogenated alkanes) is 5. The third-order valence-corrected chi connectivity index (χ3v) is 10.4. The van der Waals surface area contributed by atoms with Crippen molar-refractivity contribution in [3.63, 3.8) is 0 Å². The molecule has 0 radical (unpaired) electrons. The van der Waals surface area contributed by atoms with Gasteiger partial charge in [-0.1, -0.05) is 54.5 Å². The summed E-state index contributed by atoms with van der Waals surface area (Å²) in [4.78, 5) is 12.7. The van der Waals surface area contributed by atoms with Crippen LogP contribution in [0.25, 0.3) is 0 Å². The number of carbonyl (C=O) groups excluding carboxylic acids is 1. The van der Waals surface area contributed by atoms with E-state index < -0.39 is 0 Å². The topological polar surface area (TPSA) is 96.7 Å². The maximum Gasteiger partial charge on any atom is 0.261 e. The number of aromatic nitrogens is 3. The van der Waals surface area contributed by atoms with E-state index in [0.29, 0.717) is 18.8 Å². The van der Waals surface area contributed by atoms with Crippen LogP contribution in [0.5, 0.6) is 0 Å². The Bertz CT molecular complexity index is 1290. The molecule has 2 aliphatic rings. The second-order valence-corrected chi connectivity index (χ2v) is 14.6. The fourth-order valence-electron chi connectivity index (χ4n) is 6.81. The van der Waals surface area contributed by atoms with Crippen molar-refractivity contribution in [3.05, 3.63) is 70.2 Å². The molecule has 270 valence electrons. The lowest BCUT2D eigenvalue weighted by Crippen LogP contribution is -2.31. The third kappa shape index (κ3) is 14.3. The molecular weight excluding hydrogens is 637 g/mol. The largest absolute Gasteiger partial charge is 0.381 e. The molecule has 5 rings (SSSR count). The van der Waals surface area contributed by atoms with Gasteiger partial charge in [-0.3, -0.25) is 4.79 Å². The van der Waals surface area contributed by atoms with Gasteiger partial charge in [0.2, 0.25) is 0 Å². The number of hydrogen-bond donors (Lipinski definition) is 1. The molecule has 1 amide bonds. The van der Waals surface area contributed by atoms with Crippen LogP contribution >= 0.6 is 11.3 Å². The number of rotatable bonds is 23. The predicted octanol–water partition coefficient (Wildman–Crippen LogP) is 8.45. The zero-order valence-corrected chi connectivity index (χ0v) is 30.2. The second-order valence-electron chi connectivity index (χ2n) is 13.6. The van der Waals surface area contributed by atoms with Crippen LogP contribution < -0.4 is 5.32 Å². The van der Waals surface area contributed by atoms with Crippen LogP contribution in [0.3, 0.4) is 0 Å². The minimum atomic E-state index is 0.0408. The molecule has 0 spiro atoms. The van der Waals surface area contributed by atoms with E-state index in [9.17, 15) is 4.79 Å². The fourth-order valence-corrected chi connectivity index (χ4v) is 7.45. The SMILES string of the molecule is O=C(NCCCCCCOCCCC[C@H]1CCC[C@@H](Cn2cc([C@@H]3CCC[C@H](CCCCOCc4ccccc4)O3)nn2)O1)c1cccs1. The molecule has 2 saturated heterocycles. The molecule has 2 fully saturated rings. The number of thiophene rings is 1. The number of nitrogens with one attached hydrogen (secondary N) is 1. The van der Waals surface area contributed by atoms with Crippen molar-refractivity contribution >= 4 is 17.2 Å². The molecule has 2 aliphatic heterocycles. The zero-order chi connectivity index (χ0) is 33.8. The van der Waals surface area contributed by atoms with Gasteiger partial charge in [0.1, 0.15) is 11.8 Å². The highest BCUT2D eigenvalue weighted by atomic mass is 32.1. The average Bonchev–Trinajstić information content (AvgIpc) is 3.84. The van der Waals surface area contributed by atoms with E-state index in [0.717, 1.165) is 133 Å². The molecule has 0 unspecified atom stereocenters. The fraction of sp³-hybridized carbons (Fsp3) is 0.667. The highest BCUT2D eigenvalue weighted by Crippen LogP contribution is 2.32. The van der Waals surface area contributed by atoms with Gasteiger partial charge in [0.15, 0.2) is 0 Å². The van der Waals surface area contributed by atoms with Crippen molar-refractivity contribution in [2.24, 2.45) is 0 Å². The van der Waals surface area contributed by atoms with Crippen molar-refractivity contribution in [1.29, 1.82) is 0 Å². The van der Waals surface area contributed by atoms with E-state index in [4.69, 9.17) is 18.9 Å². The minimum absolute atomic E-state index is 0.0408. The summed E-state index contributed by atoms with van der Waals surface area (Å²) < 4.78 is 26.7. The second kappa shape index (κ2) is 22.2. The molecule has 2 aromatic heterocycles. The van der Waals surface area contributed by atoms with Crippen LogP contribution in [0.2, 0.25) is 0 Å². The number of amides is 1. The van der Waals surface area contributed by atoms with Crippen molar-refractivity contribution in [2.75, 3.05) is 26.4 Å². The van der Waals surface area contributed by atoms with Crippen LogP contribution in [-0.2, 0) is 32.1 Å². The summed E-state index contributed by atoms with van der Waals surface area (Å²) in [6, 6.07) is 14.1. The monoisotopic (exact) mass is 694 g/mol. The first-order chi connectivity index (χ1) is 24.2. The Kier molecular flexibility index (Phi) is 17.1. The number of carbonyl (C=O) groups is 1. The Morgan fingerprint density at radius 2 is 1.51 bits per heavy atom. The van der Waals surface area contributed by atoms with Crippen LogP contribution in [0.15, 0.2) is 54.0 Å². The summed E-state index contributed by atoms with van der Waals surface area (Å²) in [5.41, 5.74) is 2.19. The first kappa shape index (κ1) is 37.6. The van der Waals surface area contributed by atoms with E-state index >= 15 is 0 Å². The summed E-state index contributed by atoms with van der Waals surface area (Å²) in [7, 11) is 0. The quantitative estimate of drug-likeness (QED) is 0.0996. The van der Waals surface area contributed by atoms with Crippen LogP contribution in [-0.4, -0.2) is 65.6 Å². The van der Waals surface area contributed by atoms with Gasteiger partial charge in [0.05, 0.1) is 42.5 Å². The van der Waals surface area contributed by atoms with Gasteiger partial charge in [-0.15, -0.1) is 16.4 Å². The first-order valence-electron chi connectivity index (χ1n) is 18.9. The lowest BCUT2D eigenvalue weighted by Gasteiger charge is -2.30. The van der Waals surface area contributed by atoms with Gasteiger partial charge in [-0.05, 0) is 107 Å². The van der Waals surface area contributed by atoms with Gasteiger partial charge < -0.3 is 24.3 Å². The average molecular weight is 695 g/mol. The summed E-state index contributed by atoms with van der Waals surface area (Å²) >= 11 is 1.48. The normalized spacial score (nSPS) is 21.1. The number of benzene rings is 1. The Hall–Kier alpha value is -2.63. The Morgan fingerprint density at radius 3 is 2.31 bits per heavy atom. The lowest BCUT2D eigenvalue weighted by atomic mass is 9.99. The predicted molar refractivity (Wildman–Crippen MR) is 194 cm³/mol. The van der Waals surface area contributed by atoms with Crippen LogP contribution in [0.1, 0.15) is 130 Å². The van der Waals surface area contributed by atoms with E-state index in [-0.39, 0.29) is 18.1 Å². The van der Waals surface area contributed by atoms with Gasteiger partial charge in [0.25, 0.3) is 5.91 Å². The summed E-state index contributed by atoms with van der Waals surface area (Å²) in [5.74, 6) is 0.0408. The molecule has 0 aliphatic carbocycles. The summed E-state index contributed by atoms with van der Waals surface area (Å²) in [6.45, 7) is 4.62. The van der Waals surface area contributed by atoms with E-state index in [1.165, 1.54) is 29.7 Å². The van der Waals surface area contributed by atoms with Crippen molar-refractivity contribution in [1.82, 2.24) is 20.3 Å². The van der Waals surface area contributed by atoms with Crippen LogP contribution in [0, 0.1) is 0 Å². The zero-order valence-electron chi connectivity index (χ0n) is 29.4. The molecule has 4 heterocycles. The highest BCUT2D eigenvalue weighted by Gasteiger charge is 2.27. The molecule has 4 atom stereocenters. The third-order valence-electron chi connectivity index (χ3n) is 9.55. The highest BCUT2D eigenvalue weighted by molar-refractivity contribution is 7.12. The molecule has 1 N–H and O–H groups in total. The van der Waals surface area contributed by atoms with Crippen molar-refractivity contribution in [3.8, 4) is 0 Å². The van der Waals surface area contributed by atoms with Gasteiger partial charge in [0, 0.05) is 26.4 Å². The molecule has 0 saturated carbocycles. The Morgan fingerprint density at radius 1 is 0.796 bits per heavy atom. The Balaban J connectivity index is 0.860. The molecule has 9 nitrogen and oxygen atoms in total. The Labute approximate surface area is 297 Å². The van der Waals surface area contributed by atoms with Crippen molar-refractivity contribution < 1.29 is 23.7 Å².